The molecule has 0 spiro atoms. The molecule has 0 aromatic heterocycles. The van der Waals surface area contributed by atoms with Crippen molar-refractivity contribution in [3.63, 3.8) is 0 Å². The van der Waals surface area contributed by atoms with E-state index in [0.29, 0.717) is 36.0 Å². The SMILES string of the molecule is CCOc1cc(C(=O)N/N=C/c2ccc(OCc3ccc(F)cc3)c(Br)c2)ccc1OC. The first-order valence-corrected chi connectivity index (χ1v) is 10.6. The predicted octanol–water partition coefficient (Wildman–Crippen LogP) is 5.34. The second-order valence-corrected chi connectivity index (χ2v) is 7.46. The zero-order valence-electron chi connectivity index (χ0n) is 17.6. The Morgan fingerprint density at radius 1 is 1.03 bits per heavy atom. The molecule has 0 saturated carbocycles. The van der Waals surface area contributed by atoms with Gasteiger partial charge in [0.1, 0.15) is 18.2 Å². The van der Waals surface area contributed by atoms with Gasteiger partial charge in [-0.15, -0.1) is 0 Å². The van der Waals surface area contributed by atoms with E-state index in [-0.39, 0.29) is 11.7 Å². The highest BCUT2D eigenvalue weighted by Crippen LogP contribution is 2.28. The lowest BCUT2D eigenvalue weighted by Crippen LogP contribution is -2.17. The topological polar surface area (TPSA) is 69.2 Å². The molecule has 6 nitrogen and oxygen atoms in total. The van der Waals surface area contributed by atoms with Crippen molar-refractivity contribution in [1.29, 1.82) is 0 Å². The maximum Gasteiger partial charge on any atom is 0.271 e. The van der Waals surface area contributed by atoms with Gasteiger partial charge in [-0.1, -0.05) is 12.1 Å². The van der Waals surface area contributed by atoms with Gasteiger partial charge in [-0.2, -0.15) is 5.10 Å². The molecular formula is C24H22BrFN2O4. The Kier molecular flexibility index (Phi) is 8.21. The van der Waals surface area contributed by atoms with E-state index >= 15 is 0 Å². The van der Waals surface area contributed by atoms with Gasteiger partial charge in [0.15, 0.2) is 11.5 Å². The van der Waals surface area contributed by atoms with E-state index in [4.69, 9.17) is 14.2 Å². The van der Waals surface area contributed by atoms with Crippen molar-refractivity contribution >= 4 is 28.1 Å². The number of methoxy groups -OCH3 is 1. The molecule has 0 aliphatic heterocycles. The molecule has 0 aliphatic rings. The van der Waals surface area contributed by atoms with Crippen molar-refractivity contribution in [2.45, 2.75) is 13.5 Å². The van der Waals surface area contributed by atoms with E-state index in [2.05, 4.69) is 26.5 Å². The average molecular weight is 501 g/mol. The molecule has 32 heavy (non-hydrogen) atoms. The third-order valence-corrected chi connectivity index (χ3v) is 4.99. The predicted molar refractivity (Wildman–Crippen MR) is 124 cm³/mol. The number of benzene rings is 3. The van der Waals surface area contributed by atoms with E-state index in [0.717, 1.165) is 15.6 Å². The smallest absolute Gasteiger partial charge is 0.271 e. The highest BCUT2D eigenvalue weighted by Gasteiger charge is 2.10. The van der Waals surface area contributed by atoms with Crippen LogP contribution in [0, 0.1) is 5.82 Å². The van der Waals surface area contributed by atoms with Crippen LogP contribution in [0.2, 0.25) is 0 Å². The van der Waals surface area contributed by atoms with Crippen LogP contribution in [0.25, 0.3) is 0 Å². The van der Waals surface area contributed by atoms with Crippen LogP contribution < -0.4 is 19.6 Å². The Bertz CT molecular complexity index is 1100. The van der Waals surface area contributed by atoms with Gasteiger partial charge in [-0.25, -0.2) is 9.82 Å². The van der Waals surface area contributed by atoms with Gasteiger partial charge in [-0.05, 0) is 82.5 Å². The third kappa shape index (κ3) is 6.31. The molecule has 3 rings (SSSR count). The molecule has 8 heteroatoms. The van der Waals surface area contributed by atoms with Crippen LogP contribution >= 0.6 is 15.9 Å². The lowest BCUT2D eigenvalue weighted by atomic mass is 10.2. The summed E-state index contributed by atoms with van der Waals surface area (Å²) in [5, 5.41) is 4.01. The third-order valence-electron chi connectivity index (χ3n) is 4.37. The summed E-state index contributed by atoms with van der Waals surface area (Å²) in [7, 11) is 1.54. The number of ether oxygens (including phenoxy) is 3. The quantitative estimate of drug-likeness (QED) is 0.318. The van der Waals surface area contributed by atoms with Crippen molar-refractivity contribution in [3.05, 3.63) is 87.6 Å². The fourth-order valence-electron chi connectivity index (χ4n) is 2.77. The van der Waals surface area contributed by atoms with Crippen LogP contribution in [0.1, 0.15) is 28.4 Å². The highest BCUT2D eigenvalue weighted by molar-refractivity contribution is 9.10. The Morgan fingerprint density at radius 2 is 1.78 bits per heavy atom. The molecule has 3 aromatic carbocycles. The summed E-state index contributed by atoms with van der Waals surface area (Å²) < 4.78 is 30.2. The number of halogens is 2. The molecule has 0 heterocycles. The van der Waals surface area contributed by atoms with Crippen LogP contribution in [-0.4, -0.2) is 25.8 Å². The summed E-state index contributed by atoms with van der Waals surface area (Å²) in [6.45, 7) is 2.62. The summed E-state index contributed by atoms with van der Waals surface area (Å²) in [5.74, 6) is 1.03. The average Bonchev–Trinajstić information content (AvgIpc) is 2.79. The van der Waals surface area contributed by atoms with Gasteiger partial charge in [0.25, 0.3) is 5.91 Å². The van der Waals surface area contributed by atoms with E-state index in [9.17, 15) is 9.18 Å². The number of carbonyl (C=O) groups excluding carboxylic acids is 1. The van der Waals surface area contributed by atoms with Crippen LogP contribution in [0.4, 0.5) is 4.39 Å². The van der Waals surface area contributed by atoms with Gasteiger partial charge in [-0.3, -0.25) is 4.79 Å². The molecule has 0 unspecified atom stereocenters. The zero-order valence-corrected chi connectivity index (χ0v) is 19.2. The van der Waals surface area contributed by atoms with Gasteiger partial charge < -0.3 is 14.2 Å². The maximum atomic E-state index is 13.0. The first kappa shape index (κ1) is 23.3. The van der Waals surface area contributed by atoms with Gasteiger partial charge >= 0.3 is 0 Å². The summed E-state index contributed by atoms with van der Waals surface area (Å²) in [4.78, 5) is 12.4. The Hall–Kier alpha value is -3.39. The highest BCUT2D eigenvalue weighted by atomic mass is 79.9. The fourth-order valence-corrected chi connectivity index (χ4v) is 3.28. The van der Waals surface area contributed by atoms with Gasteiger partial charge in [0, 0.05) is 5.56 Å². The van der Waals surface area contributed by atoms with Crippen molar-refractivity contribution in [2.75, 3.05) is 13.7 Å². The minimum Gasteiger partial charge on any atom is -0.493 e. The van der Waals surface area contributed by atoms with E-state index in [1.807, 2.05) is 13.0 Å². The lowest BCUT2D eigenvalue weighted by molar-refractivity contribution is 0.0954. The molecule has 1 amide bonds. The van der Waals surface area contributed by atoms with Gasteiger partial charge in [0.2, 0.25) is 0 Å². The molecule has 1 N–H and O–H groups in total. The Labute approximate surface area is 194 Å². The standard InChI is InChI=1S/C24H22BrFN2O4/c1-3-31-23-13-18(7-11-22(23)30-2)24(29)28-27-14-17-6-10-21(20(25)12-17)32-15-16-4-8-19(26)9-5-16/h4-14H,3,15H2,1-2H3,(H,28,29)/b27-14+. The summed E-state index contributed by atoms with van der Waals surface area (Å²) in [6, 6.07) is 16.5. The number of hydrogen-bond acceptors (Lipinski definition) is 5. The second kappa shape index (κ2) is 11.3. The normalized spacial score (nSPS) is 10.8. The fraction of sp³-hybridized carbons (Fsp3) is 0.167. The molecule has 3 aromatic rings. The number of nitrogens with zero attached hydrogens (tertiary/aromatic N) is 1. The number of rotatable bonds is 9. The lowest BCUT2D eigenvalue weighted by Gasteiger charge is -2.10. The largest absolute Gasteiger partial charge is 0.493 e. The maximum absolute atomic E-state index is 13.0. The van der Waals surface area contributed by atoms with Crippen molar-refractivity contribution in [1.82, 2.24) is 5.43 Å². The molecule has 166 valence electrons. The molecular weight excluding hydrogens is 479 g/mol. The minimum absolute atomic E-state index is 0.285. The summed E-state index contributed by atoms with van der Waals surface area (Å²) >= 11 is 3.47. The van der Waals surface area contributed by atoms with Crippen LogP contribution in [0.3, 0.4) is 0 Å². The molecule has 0 aliphatic carbocycles. The summed E-state index contributed by atoms with van der Waals surface area (Å²) in [6.07, 6.45) is 1.53. The van der Waals surface area contributed by atoms with Crippen molar-refractivity contribution in [2.24, 2.45) is 5.10 Å². The first-order valence-electron chi connectivity index (χ1n) is 9.81. The van der Waals surface area contributed by atoms with Crippen LogP contribution in [0.5, 0.6) is 17.2 Å². The number of carbonyl (C=O) groups is 1. The number of hydrazone groups is 1. The van der Waals surface area contributed by atoms with Crippen molar-refractivity contribution < 1.29 is 23.4 Å². The Morgan fingerprint density at radius 3 is 2.47 bits per heavy atom. The van der Waals surface area contributed by atoms with Crippen LogP contribution in [0.15, 0.2) is 70.2 Å². The minimum atomic E-state index is -0.372. The number of nitrogens with one attached hydrogen (secondary N) is 1. The number of amides is 1. The van der Waals surface area contributed by atoms with E-state index in [1.54, 1.807) is 49.6 Å². The zero-order chi connectivity index (χ0) is 22.9. The molecule has 0 atom stereocenters. The van der Waals surface area contributed by atoms with Crippen LogP contribution in [-0.2, 0) is 6.61 Å². The van der Waals surface area contributed by atoms with Gasteiger partial charge in [0.05, 0.1) is 24.4 Å². The Balaban J connectivity index is 1.59. The van der Waals surface area contributed by atoms with Crippen molar-refractivity contribution in [3.8, 4) is 17.2 Å². The van der Waals surface area contributed by atoms with E-state index in [1.165, 1.54) is 18.3 Å². The number of hydrogen-bond donors (Lipinski definition) is 1. The molecule has 0 radical (unpaired) electrons. The molecule has 0 fully saturated rings. The van der Waals surface area contributed by atoms with E-state index < -0.39 is 0 Å². The first-order chi connectivity index (χ1) is 15.5. The summed E-state index contributed by atoms with van der Waals surface area (Å²) in [5.41, 5.74) is 4.52. The monoisotopic (exact) mass is 500 g/mol. The molecule has 0 saturated heterocycles. The molecule has 0 bridgehead atoms. The second-order valence-electron chi connectivity index (χ2n) is 6.60.